The molecule has 0 saturated heterocycles. The van der Waals surface area contributed by atoms with E-state index in [0.29, 0.717) is 29.2 Å². The molecule has 43 heavy (non-hydrogen) atoms. The van der Waals surface area contributed by atoms with Crippen LogP contribution in [-0.4, -0.2) is 48.0 Å². The third-order valence-corrected chi connectivity index (χ3v) is 11.8. The largest absolute Gasteiger partial charge is 0.394 e. The van der Waals surface area contributed by atoms with Crippen LogP contribution in [0.5, 0.6) is 0 Å². The van der Waals surface area contributed by atoms with Crippen molar-refractivity contribution in [2.45, 2.75) is 73.5 Å². The normalized spacial score (nSPS) is 27.4. The van der Waals surface area contributed by atoms with Crippen molar-refractivity contribution < 1.29 is 31.2 Å². The van der Waals surface area contributed by atoms with Gasteiger partial charge in [-0.25, -0.2) is 18.1 Å². The molecule has 4 saturated carbocycles. The topological polar surface area (TPSA) is 113 Å². The minimum atomic E-state index is -4.25. The molecule has 6 aliphatic rings. The van der Waals surface area contributed by atoms with Crippen LogP contribution in [0.25, 0.3) is 5.69 Å². The Morgan fingerprint density at radius 1 is 1.00 bits per heavy atom. The van der Waals surface area contributed by atoms with E-state index in [4.69, 9.17) is 0 Å². The Balaban J connectivity index is 1.11. The van der Waals surface area contributed by atoms with E-state index in [1.54, 1.807) is 45.9 Å². The molecule has 2 N–H and O–H groups in total. The number of hydrogen-bond acceptors (Lipinski definition) is 5. The molecule has 0 atom stereocenters. The molecule has 4 aliphatic carbocycles. The van der Waals surface area contributed by atoms with Gasteiger partial charge >= 0.3 is 6.18 Å². The highest BCUT2D eigenvalue weighted by Gasteiger charge is 2.79. The number of alkyl halides is 3. The van der Waals surface area contributed by atoms with Crippen LogP contribution < -0.4 is 14.9 Å². The summed E-state index contributed by atoms with van der Waals surface area (Å²) < 4.78 is 69.9. The number of amides is 2. The lowest BCUT2D eigenvalue weighted by atomic mass is 9.39. The number of nitrogens with one attached hydrogen (secondary N) is 2. The predicted octanol–water partition coefficient (Wildman–Crippen LogP) is 4.35. The van der Waals surface area contributed by atoms with Crippen molar-refractivity contribution in [2.75, 3.05) is 11.4 Å². The maximum Gasteiger partial charge on any atom is 0.394 e. The molecule has 2 aliphatic heterocycles. The number of benzene rings is 2. The number of carbonyl (C=O) groups excluding carboxylic acids is 2. The van der Waals surface area contributed by atoms with Gasteiger partial charge < -0.3 is 10.2 Å². The molecule has 0 radical (unpaired) electrons. The Bertz CT molecular complexity index is 1820. The summed E-state index contributed by atoms with van der Waals surface area (Å²) in [6, 6.07) is 11.7. The molecule has 9 nitrogen and oxygen atoms in total. The molecule has 9 rings (SSSR count). The number of rotatable bonds is 3. The zero-order valence-electron chi connectivity index (χ0n) is 23.0. The van der Waals surface area contributed by atoms with Crippen LogP contribution >= 0.6 is 0 Å². The van der Waals surface area contributed by atoms with E-state index in [1.807, 2.05) is 0 Å². The van der Waals surface area contributed by atoms with Gasteiger partial charge in [0.1, 0.15) is 11.2 Å². The standard InChI is InChI=1S/C30H28F3N5O4S/c31-30(32,33)28-13-29(14-28,15-28)36-25(39)18-7-8-20-19(11-18)27(9-3-4-10-27)16-37(20)26(40)24-22-12-35-43(41,42)23-6-2-1-5-21(23)38(22)17-34-24/h1-2,5-8,11,17,35H,3-4,9-10,12-16H2,(H,36,39). The summed E-state index contributed by atoms with van der Waals surface area (Å²) in [5, 5.41) is 2.87. The third-order valence-electron chi connectivity index (χ3n) is 10.3. The van der Waals surface area contributed by atoms with Crippen LogP contribution in [0.4, 0.5) is 18.9 Å². The van der Waals surface area contributed by atoms with Gasteiger partial charge in [0.25, 0.3) is 11.8 Å². The first-order valence-corrected chi connectivity index (χ1v) is 15.9. The molecule has 3 aromatic rings. The highest BCUT2D eigenvalue weighted by Crippen LogP contribution is 2.73. The number of carbonyl (C=O) groups is 2. The molecule has 1 aromatic heterocycles. The molecule has 0 unspecified atom stereocenters. The summed E-state index contributed by atoms with van der Waals surface area (Å²) >= 11 is 0. The maximum absolute atomic E-state index is 14.1. The van der Waals surface area contributed by atoms with Gasteiger partial charge in [0.15, 0.2) is 5.69 Å². The van der Waals surface area contributed by atoms with Crippen LogP contribution in [0, 0.1) is 5.41 Å². The fourth-order valence-corrected chi connectivity index (χ4v) is 9.37. The number of nitrogens with zero attached hydrogens (tertiary/aromatic N) is 3. The second kappa shape index (κ2) is 8.47. The van der Waals surface area contributed by atoms with E-state index in [9.17, 15) is 31.2 Å². The number of hydrogen-bond donors (Lipinski definition) is 2. The van der Waals surface area contributed by atoms with Gasteiger partial charge in [0.05, 0.1) is 23.3 Å². The molecule has 2 aromatic carbocycles. The zero-order valence-corrected chi connectivity index (χ0v) is 23.8. The molecule has 1 spiro atoms. The lowest BCUT2D eigenvalue weighted by molar-refractivity contribution is -0.336. The van der Waals surface area contributed by atoms with Gasteiger partial charge in [-0.3, -0.25) is 14.2 Å². The van der Waals surface area contributed by atoms with E-state index >= 15 is 0 Å². The van der Waals surface area contributed by atoms with Crippen LogP contribution in [0.3, 0.4) is 0 Å². The number of imidazole rings is 1. The van der Waals surface area contributed by atoms with Crippen molar-refractivity contribution in [1.29, 1.82) is 0 Å². The van der Waals surface area contributed by atoms with E-state index in [0.717, 1.165) is 31.2 Å². The van der Waals surface area contributed by atoms with Crippen molar-refractivity contribution in [3.8, 4) is 5.69 Å². The second-order valence-corrected chi connectivity index (χ2v) is 14.6. The van der Waals surface area contributed by atoms with Crippen LogP contribution in [0.2, 0.25) is 0 Å². The molecule has 224 valence electrons. The summed E-state index contributed by atoms with van der Waals surface area (Å²) in [6.07, 6.45) is 0.583. The van der Waals surface area contributed by atoms with Gasteiger partial charge in [0, 0.05) is 28.7 Å². The minimum Gasteiger partial charge on any atom is -0.347 e. The summed E-state index contributed by atoms with van der Waals surface area (Å²) in [7, 11) is -3.79. The first-order chi connectivity index (χ1) is 20.4. The van der Waals surface area contributed by atoms with Gasteiger partial charge in [-0.15, -0.1) is 0 Å². The minimum absolute atomic E-state index is 0.0813. The molecule has 2 amide bonds. The Labute approximate surface area is 245 Å². The van der Waals surface area contributed by atoms with Crippen molar-refractivity contribution >= 4 is 27.5 Å². The van der Waals surface area contributed by atoms with Crippen LogP contribution in [0.1, 0.15) is 77.0 Å². The van der Waals surface area contributed by atoms with E-state index in [1.165, 1.54) is 12.4 Å². The summed E-state index contributed by atoms with van der Waals surface area (Å²) in [4.78, 5) is 33.6. The fraction of sp³-hybridized carbons (Fsp3) is 0.433. The number of halogens is 3. The first kappa shape index (κ1) is 26.9. The zero-order chi connectivity index (χ0) is 30.0. The maximum atomic E-state index is 14.1. The van der Waals surface area contributed by atoms with Gasteiger partial charge in [-0.1, -0.05) is 25.0 Å². The van der Waals surface area contributed by atoms with Crippen molar-refractivity contribution in [1.82, 2.24) is 19.6 Å². The van der Waals surface area contributed by atoms with Crippen LogP contribution in [0.15, 0.2) is 53.7 Å². The van der Waals surface area contributed by atoms with Crippen molar-refractivity contribution in [3.63, 3.8) is 0 Å². The van der Waals surface area contributed by atoms with E-state index in [-0.39, 0.29) is 47.7 Å². The average molecular weight is 612 g/mol. The van der Waals surface area contributed by atoms with E-state index in [2.05, 4.69) is 15.0 Å². The second-order valence-electron chi connectivity index (χ2n) is 12.9. The molecular weight excluding hydrogens is 583 g/mol. The molecule has 3 heterocycles. The number of aromatic nitrogens is 2. The summed E-state index contributed by atoms with van der Waals surface area (Å²) in [5.41, 5.74) is 0.104. The Kier molecular flexibility index (Phi) is 5.29. The monoisotopic (exact) mass is 611 g/mol. The van der Waals surface area contributed by atoms with E-state index < -0.39 is 33.1 Å². The lowest BCUT2D eigenvalue weighted by Gasteiger charge is -2.70. The smallest absolute Gasteiger partial charge is 0.347 e. The molecule has 2 bridgehead atoms. The molecular formula is C30H28F3N5O4S. The third kappa shape index (κ3) is 3.67. The average Bonchev–Trinajstić information content (AvgIpc) is 3.64. The van der Waals surface area contributed by atoms with Gasteiger partial charge in [-0.05, 0) is 68.0 Å². The number of para-hydroxylation sites is 1. The Morgan fingerprint density at radius 2 is 1.72 bits per heavy atom. The van der Waals surface area contributed by atoms with Crippen molar-refractivity contribution in [3.05, 3.63) is 71.3 Å². The number of anilines is 1. The van der Waals surface area contributed by atoms with Gasteiger partial charge in [-0.2, -0.15) is 13.2 Å². The highest BCUT2D eigenvalue weighted by molar-refractivity contribution is 7.89. The predicted molar refractivity (Wildman–Crippen MR) is 148 cm³/mol. The van der Waals surface area contributed by atoms with Crippen LogP contribution in [-0.2, 0) is 22.0 Å². The summed E-state index contributed by atoms with van der Waals surface area (Å²) in [6.45, 7) is 0.291. The van der Waals surface area contributed by atoms with Gasteiger partial charge in [0.2, 0.25) is 10.0 Å². The molecule has 13 heteroatoms. The highest BCUT2D eigenvalue weighted by atomic mass is 32.2. The summed E-state index contributed by atoms with van der Waals surface area (Å²) in [5.74, 6) is -0.762. The Hall–Kier alpha value is -3.71. The SMILES string of the molecule is O=C(NC12CC(C(F)(F)F)(C1)C2)c1ccc2c(c1)C1(CCCC1)CN2C(=O)c1ncn2c1CNS(=O)(=O)c1ccccc1-2. The lowest BCUT2D eigenvalue weighted by Crippen LogP contribution is -2.78. The first-order valence-electron chi connectivity index (χ1n) is 14.4. The molecule has 4 fully saturated rings. The fourth-order valence-electron chi connectivity index (χ4n) is 8.19. The number of fused-ring (bicyclic) bond motifs is 5. The van der Waals surface area contributed by atoms with Crippen molar-refractivity contribution in [2.24, 2.45) is 5.41 Å². The number of sulfonamides is 1. The quantitative estimate of drug-likeness (QED) is 0.457. The Morgan fingerprint density at radius 3 is 2.44 bits per heavy atom.